The number of cyclic esters (lactones) is 2. The topological polar surface area (TPSA) is 71.1 Å². The number of hydrogen-bond acceptors (Lipinski definition) is 6. The molecule has 6 nitrogen and oxygen atoms in total. The van der Waals surface area contributed by atoms with Gasteiger partial charge in [-0.15, -0.1) is 0 Å². The molecule has 2 unspecified atom stereocenters. The number of carbonyl (C=O) groups excluding carboxylic acids is 2. The monoisotopic (exact) mass is 282 g/mol. The summed E-state index contributed by atoms with van der Waals surface area (Å²) >= 11 is 0. The average molecular weight is 282 g/mol. The Hall–Kier alpha value is -1.50. The van der Waals surface area contributed by atoms with Crippen LogP contribution in [0.3, 0.4) is 0 Å². The molecule has 2 aliphatic heterocycles. The largest absolute Gasteiger partial charge is 0.393 e. The van der Waals surface area contributed by atoms with E-state index in [-0.39, 0.29) is 0 Å². The minimum Gasteiger partial charge on any atom is -0.393 e. The van der Waals surface area contributed by atoms with Gasteiger partial charge in [-0.25, -0.2) is 0 Å². The molecule has 0 bridgehead atoms. The number of carbonyl (C=O) groups is 2. The first-order valence-corrected chi connectivity index (χ1v) is 6.41. The van der Waals surface area contributed by atoms with Crippen molar-refractivity contribution in [3.63, 3.8) is 0 Å². The van der Waals surface area contributed by atoms with Crippen LogP contribution in [0.2, 0.25) is 0 Å². The van der Waals surface area contributed by atoms with Gasteiger partial charge >= 0.3 is 11.9 Å². The summed E-state index contributed by atoms with van der Waals surface area (Å²) in [6.07, 6.45) is 6.08. The van der Waals surface area contributed by atoms with E-state index in [9.17, 15) is 9.59 Å². The van der Waals surface area contributed by atoms with Gasteiger partial charge in [0.15, 0.2) is 0 Å². The second-order valence-corrected chi connectivity index (χ2v) is 4.62. The van der Waals surface area contributed by atoms with Crippen molar-refractivity contribution in [1.82, 2.24) is 0 Å². The molecule has 0 N–H and O–H groups in total. The van der Waals surface area contributed by atoms with Crippen molar-refractivity contribution >= 4 is 11.9 Å². The maximum absolute atomic E-state index is 11.7. The van der Waals surface area contributed by atoms with Crippen LogP contribution in [0.5, 0.6) is 0 Å². The summed E-state index contributed by atoms with van der Waals surface area (Å²) in [6.45, 7) is 0.842. The van der Waals surface area contributed by atoms with E-state index in [0.29, 0.717) is 13.2 Å². The standard InChI is InChI=1S/C14H18O6/c1-17-7-3-5-9-11-12(14(16)20-13(11)15)10(19-9)6-4-8-18-2/h3-6,9-12H,7-8H2,1-2H3/b5-3-,6-4+/t9-,10+,11?,12?/m0/s1. The first-order chi connectivity index (χ1) is 9.69. The molecule has 0 amide bonds. The van der Waals surface area contributed by atoms with Crippen molar-refractivity contribution in [3.8, 4) is 0 Å². The third kappa shape index (κ3) is 2.98. The van der Waals surface area contributed by atoms with Gasteiger partial charge in [0.25, 0.3) is 0 Å². The van der Waals surface area contributed by atoms with E-state index in [1.165, 1.54) is 0 Å². The van der Waals surface area contributed by atoms with E-state index in [0.717, 1.165) is 0 Å². The minimum absolute atomic E-state index is 0.421. The van der Waals surface area contributed by atoms with Crippen LogP contribution in [0.4, 0.5) is 0 Å². The number of hydrogen-bond donors (Lipinski definition) is 0. The Morgan fingerprint density at radius 2 is 1.40 bits per heavy atom. The summed E-state index contributed by atoms with van der Waals surface area (Å²) in [5.74, 6) is -2.19. The second-order valence-electron chi connectivity index (χ2n) is 4.62. The van der Waals surface area contributed by atoms with Gasteiger partial charge in [-0.05, 0) is 0 Å². The third-order valence-electron chi connectivity index (χ3n) is 3.33. The van der Waals surface area contributed by atoms with Crippen molar-refractivity contribution in [2.75, 3.05) is 27.4 Å². The fourth-order valence-electron chi connectivity index (χ4n) is 2.46. The molecule has 2 rings (SSSR count). The predicted molar refractivity (Wildman–Crippen MR) is 68.8 cm³/mol. The second kappa shape index (κ2) is 6.78. The lowest BCUT2D eigenvalue weighted by Gasteiger charge is -2.11. The fraction of sp³-hybridized carbons (Fsp3) is 0.571. The molecule has 0 aromatic carbocycles. The first kappa shape index (κ1) is 14.9. The van der Waals surface area contributed by atoms with Crippen LogP contribution < -0.4 is 0 Å². The molecule has 110 valence electrons. The normalized spacial score (nSPS) is 33.3. The zero-order valence-corrected chi connectivity index (χ0v) is 11.5. The van der Waals surface area contributed by atoms with Crippen LogP contribution >= 0.6 is 0 Å². The molecule has 0 aromatic heterocycles. The van der Waals surface area contributed by atoms with E-state index >= 15 is 0 Å². The number of rotatable bonds is 6. The SMILES string of the molecule is COC/C=C\[C@@H]1O[C@H](/C=C/COC)C2C(=O)OC(=O)C21. The number of esters is 2. The Balaban J connectivity index is 2.12. The maximum Gasteiger partial charge on any atom is 0.320 e. The Morgan fingerprint density at radius 3 is 1.80 bits per heavy atom. The lowest BCUT2D eigenvalue weighted by atomic mass is 9.89. The summed E-state index contributed by atoms with van der Waals surface area (Å²) in [5.41, 5.74) is 0. The van der Waals surface area contributed by atoms with E-state index < -0.39 is 36.0 Å². The molecule has 0 radical (unpaired) electrons. The van der Waals surface area contributed by atoms with Crippen LogP contribution in [-0.2, 0) is 28.5 Å². The van der Waals surface area contributed by atoms with Gasteiger partial charge in [-0.2, -0.15) is 0 Å². The van der Waals surface area contributed by atoms with E-state index in [1.807, 2.05) is 0 Å². The highest BCUT2D eigenvalue weighted by Gasteiger charge is 2.57. The molecule has 2 aliphatic rings. The van der Waals surface area contributed by atoms with Crippen LogP contribution in [0.25, 0.3) is 0 Å². The van der Waals surface area contributed by atoms with E-state index in [2.05, 4.69) is 0 Å². The molecule has 0 aromatic rings. The van der Waals surface area contributed by atoms with Crippen molar-refractivity contribution in [2.24, 2.45) is 11.8 Å². The Kier molecular flexibility index (Phi) is 5.05. The predicted octanol–water partition coefficient (Wildman–Crippen LogP) is 0.475. The average Bonchev–Trinajstić information content (AvgIpc) is 2.91. The van der Waals surface area contributed by atoms with Crippen molar-refractivity contribution in [1.29, 1.82) is 0 Å². The number of methoxy groups -OCH3 is 2. The zero-order chi connectivity index (χ0) is 14.5. The van der Waals surface area contributed by atoms with E-state index in [4.69, 9.17) is 18.9 Å². The van der Waals surface area contributed by atoms with Gasteiger partial charge in [-0.3, -0.25) is 9.59 Å². The van der Waals surface area contributed by atoms with Gasteiger partial charge in [0.05, 0.1) is 25.4 Å². The Morgan fingerprint density at radius 1 is 0.950 bits per heavy atom. The Bertz CT molecular complexity index is 389. The summed E-state index contributed by atoms with van der Waals surface area (Å²) in [7, 11) is 3.15. The molecular formula is C14H18O6. The van der Waals surface area contributed by atoms with Gasteiger partial charge < -0.3 is 18.9 Å². The maximum atomic E-state index is 11.7. The van der Waals surface area contributed by atoms with Crippen molar-refractivity contribution < 1.29 is 28.5 Å². The van der Waals surface area contributed by atoms with Gasteiger partial charge in [0.2, 0.25) is 0 Å². The smallest absolute Gasteiger partial charge is 0.320 e. The summed E-state index contributed by atoms with van der Waals surface area (Å²) in [5, 5.41) is 0. The summed E-state index contributed by atoms with van der Waals surface area (Å²) in [6, 6.07) is 0. The molecule has 0 spiro atoms. The van der Waals surface area contributed by atoms with Crippen LogP contribution in [0, 0.1) is 11.8 Å². The highest BCUT2D eigenvalue weighted by atomic mass is 16.6. The lowest BCUT2D eigenvalue weighted by molar-refractivity contribution is -0.156. The quantitative estimate of drug-likeness (QED) is 0.401. The highest BCUT2D eigenvalue weighted by Crippen LogP contribution is 2.40. The number of ether oxygens (including phenoxy) is 4. The van der Waals surface area contributed by atoms with E-state index in [1.54, 1.807) is 38.5 Å². The minimum atomic E-state index is -0.576. The zero-order valence-electron chi connectivity index (χ0n) is 11.5. The van der Waals surface area contributed by atoms with Crippen molar-refractivity contribution in [2.45, 2.75) is 12.2 Å². The molecule has 4 atom stereocenters. The molecule has 2 saturated heterocycles. The Labute approximate surface area is 117 Å². The van der Waals surface area contributed by atoms with Crippen LogP contribution in [0.1, 0.15) is 0 Å². The fourth-order valence-corrected chi connectivity index (χ4v) is 2.46. The van der Waals surface area contributed by atoms with Crippen molar-refractivity contribution in [3.05, 3.63) is 24.3 Å². The van der Waals surface area contributed by atoms with Gasteiger partial charge in [-0.1, -0.05) is 24.3 Å². The molecule has 0 saturated carbocycles. The summed E-state index contributed by atoms with van der Waals surface area (Å²) < 4.78 is 20.3. The molecular weight excluding hydrogens is 264 g/mol. The van der Waals surface area contributed by atoms with Gasteiger partial charge in [0.1, 0.15) is 11.8 Å². The third-order valence-corrected chi connectivity index (χ3v) is 3.33. The molecule has 20 heavy (non-hydrogen) atoms. The summed E-state index contributed by atoms with van der Waals surface area (Å²) in [4.78, 5) is 23.5. The molecule has 0 aliphatic carbocycles. The highest BCUT2D eigenvalue weighted by molar-refractivity contribution is 5.98. The first-order valence-electron chi connectivity index (χ1n) is 6.41. The van der Waals surface area contributed by atoms with Crippen LogP contribution in [0.15, 0.2) is 24.3 Å². The number of fused-ring (bicyclic) bond motifs is 1. The lowest BCUT2D eigenvalue weighted by Crippen LogP contribution is -2.23. The molecule has 2 heterocycles. The van der Waals surface area contributed by atoms with Gasteiger partial charge in [0, 0.05) is 14.2 Å². The molecule has 2 fully saturated rings. The molecule has 6 heteroatoms. The van der Waals surface area contributed by atoms with Crippen LogP contribution in [-0.4, -0.2) is 51.6 Å².